The highest BCUT2D eigenvalue weighted by atomic mass is 19.2. The van der Waals surface area contributed by atoms with Gasteiger partial charge in [0.25, 0.3) is 0 Å². The fraction of sp³-hybridized carbons (Fsp3) is 0.429. The molecule has 1 unspecified atom stereocenters. The van der Waals surface area contributed by atoms with E-state index in [0.717, 1.165) is 19.5 Å². The second-order valence-corrected chi connectivity index (χ2v) is 5.08. The number of aromatic nitrogens is 1. The van der Waals surface area contributed by atoms with Crippen LogP contribution in [0.15, 0.2) is 24.4 Å². The largest absolute Gasteiger partial charge is 0.392 e. The number of β-amino-alcohol motifs (C(OH)–C–C–N with tert-alkyl or cyclic N) is 1. The van der Waals surface area contributed by atoms with E-state index in [-0.39, 0.29) is 6.10 Å². The lowest BCUT2D eigenvalue weighted by molar-refractivity contribution is 0.175. The topological polar surface area (TPSA) is 28.4 Å². The van der Waals surface area contributed by atoms with Crippen LogP contribution in [0.2, 0.25) is 0 Å². The third-order valence-electron chi connectivity index (χ3n) is 3.72. The van der Waals surface area contributed by atoms with Crippen molar-refractivity contribution in [1.82, 2.24) is 9.47 Å². The summed E-state index contributed by atoms with van der Waals surface area (Å²) in [5.41, 5.74) is 0.707. The number of halogens is 2. The van der Waals surface area contributed by atoms with Crippen molar-refractivity contribution in [2.75, 3.05) is 19.6 Å². The maximum atomic E-state index is 13.3. The van der Waals surface area contributed by atoms with Crippen molar-refractivity contribution in [3.05, 3.63) is 36.0 Å². The quantitative estimate of drug-likeness (QED) is 0.920. The molecule has 1 aromatic carbocycles. The Morgan fingerprint density at radius 1 is 1.21 bits per heavy atom. The van der Waals surface area contributed by atoms with Crippen molar-refractivity contribution in [2.24, 2.45) is 0 Å². The third kappa shape index (κ3) is 2.48. The predicted octanol–water partition coefficient (Wildman–Crippen LogP) is 1.99. The van der Waals surface area contributed by atoms with E-state index < -0.39 is 11.6 Å². The highest BCUT2D eigenvalue weighted by Crippen LogP contribution is 2.20. The molecule has 0 bridgehead atoms. The van der Waals surface area contributed by atoms with E-state index in [9.17, 15) is 13.9 Å². The van der Waals surface area contributed by atoms with Crippen LogP contribution in [0.4, 0.5) is 8.78 Å². The summed E-state index contributed by atoms with van der Waals surface area (Å²) in [4.78, 5) is 2.18. The van der Waals surface area contributed by atoms with E-state index >= 15 is 0 Å². The molecule has 0 saturated carbocycles. The Hall–Kier alpha value is -1.46. The smallest absolute Gasteiger partial charge is 0.160 e. The molecule has 1 aromatic heterocycles. The van der Waals surface area contributed by atoms with E-state index in [1.54, 1.807) is 6.07 Å². The number of aliphatic hydroxyl groups is 1. The molecule has 1 fully saturated rings. The van der Waals surface area contributed by atoms with Crippen molar-refractivity contribution < 1.29 is 13.9 Å². The van der Waals surface area contributed by atoms with Gasteiger partial charge in [0.2, 0.25) is 0 Å². The summed E-state index contributed by atoms with van der Waals surface area (Å²) >= 11 is 0. The first-order valence-corrected chi connectivity index (χ1v) is 6.48. The molecule has 0 aliphatic carbocycles. The first-order valence-electron chi connectivity index (χ1n) is 6.48. The highest BCUT2D eigenvalue weighted by Gasteiger charge is 2.19. The van der Waals surface area contributed by atoms with Gasteiger partial charge in [0, 0.05) is 43.8 Å². The summed E-state index contributed by atoms with van der Waals surface area (Å²) in [5, 5.41) is 10.2. The Bertz CT molecular complexity index is 596. The Balaban J connectivity index is 1.76. The van der Waals surface area contributed by atoms with Crippen LogP contribution in [0.25, 0.3) is 10.9 Å². The Labute approximate surface area is 110 Å². The Morgan fingerprint density at radius 2 is 2.00 bits per heavy atom. The molecule has 0 amide bonds. The molecule has 0 radical (unpaired) electrons. The van der Waals surface area contributed by atoms with E-state index in [1.807, 2.05) is 10.8 Å². The molecule has 2 heterocycles. The average molecular weight is 266 g/mol. The van der Waals surface area contributed by atoms with Gasteiger partial charge in [-0.05, 0) is 18.6 Å². The average Bonchev–Trinajstić information content (AvgIpc) is 2.95. The number of rotatable bonds is 3. The van der Waals surface area contributed by atoms with Crippen LogP contribution in [-0.2, 0) is 6.54 Å². The highest BCUT2D eigenvalue weighted by molar-refractivity contribution is 5.80. The Kier molecular flexibility index (Phi) is 3.24. The molecule has 102 valence electrons. The van der Waals surface area contributed by atoms with Crippen LogP contribution in [0, 0.1) is 11.6 Å². The standard InChI is InChI=1S/C14H16F2N2O/c15-12-7-10-1-4-18(14(10)8-13(12)16)6-5-17-3-2-11(19)9-17/h1,4,7-8,11,19H,2-3,5-6,9H2. The van der Waals surface area contributed by atoms with E-state index in [2.05, 4.69) is 4.90 Å². The molecule has 19 heavy (non-hydrogen) atoms. The number of likely N-dealkylation sites (tertiary alicyclic amines) is 1. The van der Waals surface area contributed by atoms with Gasteiger partial charge in [0.15, 0.2) is 11.6 Å². The van der Waals surface area contributed by atoms with Gasteiger partial charge in [-0.3, -0.25) is 4.90 Å². The minimum Gasteiger partial charge on any atom is -0.392 e. The second kappa shape index (κ2) is 4.90. The van der Waals surface area contributed by atoms with Crippen LogP contribution in [0.3, 0.4) is 0 Å². The number of fused-ring (bicyclic) bond motifs is 1. The van der Waals surface area contributed by atoms with Crippen LogP contribution in [0.5, 0.6) is 0 Å². The zero-order valence-corrected chi connectivity index (χ0v) is 10.5. The number of hydrogen-bond donors (Lipinski definition) is 1. The minimum absolute atomic E-state index is 0.229. The van der Waals surface area contributed by atoms with Gasteiger partial charge < -0.3 is 9.67 Å². The molecule has 1 aliphatic heterocycles. The summed E-state index contributed by atoms with van der Waals surface area (Å²) in [6.07, 6.45) is 2.43. The summed E-state index contributed by atoms with van der Waals surface area (Å²) in [6.45, 7) is 3.10. The second-order valence-electron chi connectivity index (χ2n) is 5.08. The van der Waals surface area contributed by atoms with E-state index in [0.29, 0.717) is 24.0 Å². The predicted molar refractivity (Wildman–Crippen MR) is 68.9 cm³/mol. The van der Waals surface area contributed by atoms with Crippen molar-refractivity contribution in [2.45, 2.75) is 19.1 Å². The van der Waals surface area contributed by atoms with Gasteiger partial charge >= 0.3 is 0 Å². The molecule has 2 aromatic rings. The summed E-state index contributed by atoms with van der Waals surface area (Å²) in [7, 11) is 0. The zero-order valence-electron chi connectivity index (χ0n) is 10.5. The third-order valence-corrected chi connectivity index (χ3v) is 3.72. The number of benzene rings is 1. The molecular formula is C14H16F2N2O. The molecule has 0 spiro atoms. The van der Waals surface area contributed by atoms with Crippen LogP contribution in [-0.4, -0.2) is 40.3 Å². The molecule has 1 atom stereocenters. The monoisotopic (exact) mass is 266 g/mol. The molecule has 3 nitrogen and oxygen atoms in total. The number of aliphatic hydroxyl groups excluding tert-OH is 1. The lowest BCUT2D eigenvalue weighted by Crippen LogP contribution is -2.26. The van der Waals surface area contributed by atoms with Crippen molar-refractivity contribution in [3.63, 3.8) is 0 Å². The molecule has 1 aliphatic rings. The Morgan fingerprint density at radius 3 is 2.74 bits per heavy atom. The van der Waals surface area contributed by atoms with Gasteiger partial charge in [-0.15, -0.1) is 0 Å². The van der Waals surface area contributed by atoms with Crippen LogP contribution >= 0.6 is 0 Å². The minimum atomic E-state index is -0.816. The molecule has 1 saturated heterocycles. The molecular weight excluding hydrogens is 250 g/mol. The normalized spacial score (nSPS) is 20.5. The summed E-state index contributed by atoms with van der Waals surface area (Å²) in [6, 6.07) is 4.25. The van der Waals surface area contributed by atoms with Crippen LogP contribution in [0.1, 0.15) is 6.42 Å². The first kappa shape index (κ1) is 12.6. The first-order chi connectivity index (χ1) is 9.13. The zero-order chi connectivity index (χ0) is 13.4. The summed E-state index contributed by atoms with van der Waals surface area (Å²) < 4.78 is 28.3. The SMILES string of the molecule is OC1CCN(CCn2ccc3cc(F)c(F)cc32)C1. The lowest BCUT2D eigenvalue weighted by Gasteiger charge is -2.15. The van der Waals surface area contributed by atoms with E-state index in [4.69, 9.17) is 0 Å². The fourth-order valence-electron chi connectivity index (χ4n) is 2.64. The van der Waals surface area contributed by atoms with Gasteiger partial charge in [-0.25, -0.2) is 8.78 Å². The van der Waals surface area contributed by atoms with Crippen molar-refractivity contribution in [3.8, 4) is 0 Å². The van der Waals surface area contributed by atoms with Gasteiger partial charge in [-0.1, -0.05) is 0 Å². The number of hydrogen-bond acceptors (Lipinski definition) is 2. The van der Waals surface area contributed by atoms with Gasteiger partial charge in [0.1, 0.15) is 0 Å². The van der Waals surface area contributed by atoms with Crippen molar-refractivity contribution >= 4 is 10.9 Å². The van der Waals surface area contributed by atoms with Gasteiger partial charge in [0.05, 0.1) is 11.6 Å². The summed E-state index contributed by atoms with van der Waals surface area (Å²) in [5.74, 6) is -1.63. The lowest BCUT2D eigenvalue weighted by atomic mass is 10.2. The number of nitrogens with zero attached hydrogens (tertiary/aromatic N) is 2. The fourth-order valence-corrected chi connectivity index (χ4v) is 2.64. The molecule has 1 N–H and O–H groups in total. The maximum Gasteiger partial charge on any atom is 0.160 e. The maximum absolute atomic E-state index is 13.3. The molecule has 5 heteroatoms. The molecule has 3 rings (SSSR count). The van der Waals surface area contributed by atoms with Crippen molar-refractivity contribution in [1.29, 1.82) is 0 Å². The van der Waals surface area contributed by atoms with Crippen LogP contribution < -0.4 is 0 Å². The van der Waals surface area contributed by atoms with Gasteiger partial charge in [-0.2, -0.15) is 0 Å². The van der Waals surface area contributed by atoms with E-state index in [1.165, 1.54) is 12.1 Å².